The standard InChI is InChI=1S/C36H65NO13/c1-5-6-7-8-9-10-11-12-13-16-19-48-35-29(42)28(41)30(31(50-35)34(46)47)49-24-20-23(25(38)27(40)26(24)39)32(43)37-18-15-14-17-22(33(44)45)21-36(2,3)4/h22-31,35,38-42H,5-21H2,1-4H3,(H,37,43)(H,44,45)(H,46,47)/t22-,23+,24-,25-,26+,27+,28-,29-,30+,31+,35-/m1/s1. The number of aliphatic carboxylic acids is 2. The third-order valence-electron chi connectivity index (χ3n) is 9.70. The number of carbonyl (C=O) groups is 3. The van der Waals surface area contributed by atoms with Crippen LogP contribution in [0.2, 0.25) is 0 Å². The molecule has 0 bridgehead atoms. The highest BCUT2D eigenvalue weighted by molar-refractivity contribution is 5.79. The SMILES string of the molecule is CCCCCCCCCCCCO[C@@H]1O[C@H](C(=O)O)[C@@H](O[C@@H]2C[C@H](C(=O)NCCCC[C@H](CC(C)(C)C)C(=O)O)[C@@H](O)[C@H](O)[C@H]2O)[C@H](O)[C@H]1O. The number of nitrogens with one attached hydrogen (secondary N) is 1. The topological polar surface area (TPSA) is 233 Å². The van der Waals surface area contributed by atoms with Crippen LogP contribution >= 0.6 is 0 Å². The van der Waals surface area contributed by atoms with Crippen LogP contribution in [0.5, 0.6) is 0 Å². The molecule has 50 heavy (non-hydrogen) atoms. The van der Waals surface area contributed by atoms with Crippen LogP contribution in [0.4, 0.5) is 0 Å². The third kappa shape index (κ3) is 14.6. The van der Waals surface area contributed by atoms with Crippen LogP contribution < -0.4 is 5.32 Å². The number of carbonyl (C=O) groups excluding carboxylic acids is 1. The van der Waals surface area contributed by atoms with Crippen molar-refractivity contribution in [1.29, 1.82) is 0 Å². The summed E-state index contributed by atoms with van der Waals surface area (Å²) in [6, 6.07) is 0. The van der Waals surface area contributed by atoms with Gasteiger partial charge in [0, 0.05) is 13.2 Å². The van der Waals surface area contributed by atoms with Crippen LogP contribution in [0.1, 0.15) is 124 Å². The van der Waals surface area contributed by atoms with Gasteiger partial charge in [0.15, 0.2) is 12.4 Å². The Labute approximate surface area is 296 Å². The van der Waals surface area contributed by atoms with E-state index in [4.69, 9.17) is 14.2 Å². The van der Waals surface area contributed by atoms with Crippen molar-refractivity contribution in [3.63, 3.8) is 0 Å². The van der Waals surface area contributed by atoms with Gasteiger partial charge in [0.2, 0.25) is 5.91 Å². The molecule has 1 heterocycles. The Balaban J connectivity index is 1.88. The van der Waals surface area contributed by atoms with E-state index < -0.39 is 84.8 Å². The fraction of sp³-hybridized carbons (Fsp3) is 0.917. The maximum Gasteiger partial charge on any atom is 0.335 e. The van der Waals surface area contributed by atoms with E-state index in [0.717, 1.165) is 19.3 Å². The zero-order valence-electron chi connectivity index (χ0n) is 30.5. The van der Waals surface area contributed by atoms with Gasteiger partial charge in [-0.1, -0.05) is 91.9 Å². The van der Waals surface area contributed by atoms with Crippen molar-refractivity contribution >= 4 is 17.8 Å². The molecule has 0 aromatic heterocycles. The molecule has 14 nitrogen and oxygen atoms in total. The van der Waals surface area contributed by atoms with E-state index in [1.54, 1.807) is 0 Å². The molecule has 1 aliphatic carbocycles. The fourth-order valence-corrected chi connectivity index (χ4v) is 6.81. The Hall–Kier alpha value is -1.91. The molecule has 8 N–H and O–H groups in total. The predicted octanol–water partition coefficient (Wildman–Crippen LogP) is 2.74. The summed E-state index contributed by atoms with van der Waals surface area (Å²) in [4.78, 5) is 36.8. The first kappa shape index (κ1) is 44.3. The van der Waals surface area contributed by atoms with Gasteiger partial charge in [-0.2, -0.15) is 0 Å². The number of hydrogen-bond acceptors (Lipinski definition) is 11. The summed E-state index contributed by atoms with van der Waals surface area (Å²) in [6.07, 6.45) is -2.35. The number of rotatable bonds is 23. The predicted molar refractivity (Wildman–Crippen MR) is 183 cm³/mol. The molecule has 1 saturated heterocycles. The van der Waals surface area contributed by atoms with Gasteiger partial charge in [0.25, 0.3) is 0 Å². The average molecular weight is 720 g/mol. The summed E-state index contributed by atoms with van der Waals surface area (Å²) < 4.78 is 16.9. The van der Waals surface area contributed by atoms with Crippen LogP contribution in [0.15, 0.2) is 0 Å². The highest BCUT2D eigenvalue weighted by Crippen LogP contribution is 2.33. The van der Waals surface area contributed by atoms with Gasteiger partial charge in [-0.25, -0.2) is 4.79 Å². The minimum atomic E-state index is -1.83. The molecule has 14 heteroatoms. The van der Waals surface area contributed by atoms with Crippen LogP contribution in [0, 0.1) is 17.3 Å². The second-order valence-electron chi connectivity index (χ2n) is 15.3. The summed E-state index contributed by atoms with van der Waals surface area (Å²) in [6.45, 7) is 8.46. The van der Waals surface area contributed by atoms with Crippen LogP contribution in [0.25, 0.3) is 0 Å². The smallest absolute Gasteiger partial charge is 0.335 e. The molecule has 0 unspecified atom stereocenters. The van der Waals surface area contributed by atoms with Crippen molar-refractivity contribution in [3.05, 3.63) is 0 Å². The molecule has 2 fully saturated rings. The van der Waals surface area contributed by atoms with E-state index in [-0.39, 0.29) is 25.0 Å². The average Bonchev–Trinajstić information content (AvgIpc) is 3.04. The van der Waals surface area contributed by atoms with Crippen molar-refractivity contribution in [2.24, 2.45) is 17.3 Å². The second kappa shape index (κ2) is 22.2. The molecule has 0 aromatic carbocycles. The minimum absolute atomic E-state index is 0.150. The number of aliphatic hydroxyl groups is 5. The molecule has 2 aliphatic rings. The molecule has 2 rings (SSSR count). The monoisotopic (exact) mass is 719 g/mol. The normalized spacial score (nSPS) is 30.9. The number of carboxylic acid groups (broad SMARTS) is 2. The summed E-state index contributed by atoms with van der Waals surface area (Å²) >= 11 is 0. The Bertz CT molecular complexity index is 1010. The zero-order chi connectivity index (χ0) is 37.4. The van der Waals surface area contributed by atoms with Gasteiger partial charge in [0.05, 0.1) is 24.0 Å². The minimum Gasteiger partial charge on any atom is -0.481 e. The first-order valence-electron chi connectivity index (χ1n) is 18.6. The van der Waals surface area contributed by atoms with E-state index >= 15 is 0 Å². The molecule has 0 aromatic rings. The quantitative estimate of drug-likeness (QED) is 0.0711. The summed E-state index contributed by atoms with van der Waals surface area (Å²) in [7, 11) is 0. The van der Waals surface area contributed by atoms with E-state index in [2.05, 4.69) is 12.2 Å². The number of hydrogen-bond donors (Lipinski definition) is 8. The lowest BCUT2D eigenvalue weighted by molar-refractivity contribution is -0.312. The van der Waals surface area contributed by atoms with Gasteiger partial charge in [0.1, 0.15) is 30.5 Å². The highest BCUT2D eigenvalue weighted by atomic mass is 16.7. The third-order valence-corrected chi connectivity index (χ3v) is 9.70. The Kier molecular flexibility index (Phi) is 19.7. The van der Waals surface area contributed by atoms with Crippen molar-refractivity contribution in [2.75, 3.05) is 13.2 Å². The van der Waals surface area contributed by atoms with Crippen molar-refractivity contribution < 1.29 is 64.3 Å². The summed E-state index contributed by atoms with van der Waals surface area (Å²) in [5.41, 5.74) is -0.150. The highest BCUT2D eigenvalue weighted by Gasteiger charge is 2.53. The van der Waals surface area contributed by atoms with Crippen LogP contribution in [-0.4, -0.2) is 122 Å². The van der Waals surface area contributed by atoms with E-state index in [0.29, 0.717) is 32.1 Å². The van der Waals surface area contributed by atoms with E-state index in [1.165, 1.54) is 38.5 Å². The van der Waals surface area contributed by atoms with Crippen LogP contribution in [0.3, 0.4) is 0 Å². The first-order valence-corrected chi connectivity index (χ1v) is 18.6. The summed E-state index contributed by atoms with van der Waals surface area (Å²) in [5.74, 6) is -4.79. The van der Waals surface area contributed by atoms with Crippen molar-refractivity contribution in [1.82, 2.24) is 5.32 Å². The van der Waals surface area contributed by atoms with Gasteiger partial charge in [-0.3, -0.25) is 9.59 Å². The zero-order valence-corrected chi connectivity index (χ0v) is 30.5. The lowest BCUT2D eigenvalue weighted by Gasteiger charge is -2.45. The Morgan fingerprint density at radius 1 is 0.780 bits per heavy atom. The number of ether oxygens (including phenoxy) is 3. The number of carboxylic acids is 2. The fourth-order valence-electron chi connectivity index (χ4n) is 6.81. The van der Waals surface area contributed by atoms with Gasteiger partial charge < -0.3 is 55.3 Å². The van der Waals surface area contributed by atoms with Gasteiger partial charge in [-0.05, 0) is 37.5 Å². The molecular formula is C36H65NO13. The lowest BCUT2D eigenvalue weighted by Crippen LogP contribution is -2.64. The molecule has 0 radical (unpaired) electrons. The summed E-state index contributed by atoms with van der Waals surface area (Å²) in [5, 5.41) is 75.6. The van der Waals surface area contributed by atoms with Crippen LogP contribution in [-0.2, 0) is 28.6 Å². The second-order valence-corrected chi connectivity index (χ2v) is 15.3. The Morgan fingerprint density at radius 2 is 1.38 bits per heavy atom. The van der Waals surface area contributed by atoms with E-state index in [9.17, 15) is 50.1 Å². The number of amides is 1. The molecule has 1 saturated carbocycles. The van der Waals surface area contributed by atoms with Gasteiger partial charge >= 0.3 is 11.9 Å². The van der Waals surface area contributed by atoms with Crippen molar-refractivity contribution in [3.8, 4) is 0 Å². The lowest BCUT2D eigenvalue weighted by atomic mass is 9.80. The molecule has 1 aliphatic heterocycles. The molecule has 1 amide bonds. The van der Waals surface area contributed by atoms with E-state index in [1.807, 2.05) is 20.8 Å². The molecular weight excluding hydrogens is 654 g/mol. The molecule has 0 spiro atoms. The maximum absolute atomic E-state index is 13.0. The largest absolute Gasteiger partial charge is 0.481 e. The number of unbranched alkanes of at least 4 members (excludes halogenated alkanes) is 10. The van der Waals surface area contributed by atoms with Crippen molar-refractivity contribution in [2.45, 2.75) is 179 Å². The maximum atomic E-state index is 13.0. The number of aliphatic hydroxyl groups excluding tert-OH is 5. The molecule has 11 atom stereocenters. The van der Waals surface area contributed by atoms with Gasteiger partial charge in [-0.15, -0.1) is 0 Å². The Morgan fingerprint density at radius 3 is 1.94 bits per heavy atom. The molecule has 292 valence electrons. The first-order chi connectivity index (χ1) is 23.6.